The minimum Gasteiger partial charge on any atom is -0.488 e. The van der Waals surface area contributed by atoms with Gasteiger partial charge in [0.25, 0.3) is 0 Å². The van der Waals surface area contributed by atoms with Crippen molar-refractivity contribution < 1.29 is 22.1 Å². The van der Waals surface area contributed by atoms with E-state index in [0.717, 1.165) is 30.5 Å². The molecule has 1 aliphatic heterocycles. The quantitative estimate of drug-likeness (QED) is 0.615. The molecule has 5 rings (SSSR count). The summed E-state index contributed by atoms with van der Waals surface area (Å²) in [5.41, 5.74) is 0.835. The lowest BCUT2D eigenvalue weighted by molar-refractivity contribution is 0.0762. The van der Waals surface area contributed by atoms with E-state index in [4.69, 9.17) is 9.26 Å². The van der Waals surface area contributed by atoms with E-state index in [1.54, 1.807) is 12.1 Å². The summed E-state index contributed by atoms with van der Waals surface area (Å²) in [5.74, 6) is 1.83. The molecule has 150 valence electrons. The second-order valence-electron chi connectivity index (χ2n) is 7.27. The molecule has 2 aromatic carbocycles. The van der Waals surface area contributed by atoms with Crippen LogP contribution in [0.25, 0.3) is 11.4 Å². The molecule has 1 aliphatic carbocycles. The monoisotopic (exact) mass is 415 g/mol. The van der Waals surface area contributed by atoms with E-state index >= 15 is 0 Å². The molecule has 7 nitrogen and oxygen atoms in total. The predicted molar refractivity (Wildman–Crippen MR) is 101 cm³/mol. The Labute approximate surface area is 167 Å². The maximum atomic E-state index is 13.0. The van der Waals surface area contributed by atoms with Gasteiger partial charge in [-0.15, -0.1) is 0 Å². The van der Waals surface area contributed by atoms with E-state index in [-0.39, 0.29) is 24.1 Å². The van der Waals surface area contributed by atoms with Gasteiger partial charge in [0, 0.05) is 11.5 Å². The van der Waals surface area contributed by atoms with Crippen LogP contribution in [0.5, 0.6) is 5.75 Å². The van der Waals surface area contributed by atoms with Crippen molar-refractivity contribution in [3.63, 3.8) is 0 Å². The highest BCUT2D eigenvalue weighted by atomic mass is 32.2. The van der Waals surface area contributed by atoms with Crippen LogP contribution in [-0.2, 0) is 10.0 Å². The highest BCUT2D eigenvalue weighted by molar-refractivity contribution is 7.89. The molecular formula is C20H18FN3O4S. The largest absolute Gasteiger partial charge is 0.488 e. The summed E-state index contributed by atoms with van der Waals surface area (Å²) in [5, 5.41) is 4.01. The van der Waals surface area contributed by atoms with E-state index in [9.17, 15) is 12.8 Å². The van der Waals surface area contributed by atoms with Gasteiger partial charge >= 0.3 is 0 Å². The zero-order chi connectivity index (χ0) is 20.0. The fourth-order valence-electron chi connectivity index (χ4n) is 3.15. The van der Waals surface area contributed by atoms with Crippen LogP contribution in [0.4, 0.5) is 4.39 Å². The Balaban J connectivity index is 1.19. The van der Waals surface area contributed by atoms with Gasteiger partial charge in [-0.2, -0.15) is 9.29 Å². The highest BCUT2D eigenvalue weighted by Crippen LogP contribution is 2.39. The number of hydrogen-bond acceptors (Lipinski definition) is 6. The van der Waals surface area contributed by atoms with Gasteiger partial charge < -0.3 is 9.26 Å². The first kappa shape index (κ1) is 18.3. The molecule has 0 atom stereocenters. The number of ether oxygens (including phenoxy) is 1. The maximum absolute atomic E-state index is 13.0. The second-order valence-corrected chi connectivity index (χ2v) is 9.21. The van der Waals surface area contributed by atoms with Crippen molar-refractivity contribution in [1.29, 1.82) is 0 Å². The predicted octanol–water partition coefficient (Wildman–Crippen LogP) is 3.21. The number of nitrogens with zero attached hydrogens (tertiary/aromatic N) is 3. The van der Waals surface area contributed by atoms with Crippen molar-refractivity contribution in [2.75, 3.05) is 13.1 Å². The first-order valence-corrected chi connectivity index (χ1v) is 10.8. The van der Waals surface area contributed by atoms with Gasteiger partial charge in [0.05, 0.1) is 18.0 Å². The molecule has 0 N–H and O–H groups in total. The van der Waals surface area contributed by atoms with Crippen LogP contribution in [0.2, 0.25) is 0 Å². The molecule has 2 fully saturated rings. The lowest BCUT2D eigenvalue weighted by Crippen LogP contribution is -2.55. The molecule has 1 aromatic heterocycles. The molecule has 1 saturated heterocycles. The SMILES string of the molecule is O=S(=O)(c1ccc(F)cc1)N1CC(Oc2ccc(-c3noc(C4CC4)n3)cc2)C1. The first-order chi connectivity index (χ1) is 14.0. The van der Waals surface area contributed by atoms with Crippen LogP contribution in [0.3, 0.4) is 0 Å². The number of benzene rings is 2. The number of hydrogen-bond donors (Lipinski definition) is 0. The minimum atomic E-state index is -3.63. The Morgan fingerprint density at radius 2 is 1.72 bits per heavy atom. The van der Waals surface area contributed by atoms with Gasteiger partial charge in [0.15, 0.2) is 0 Å². The van der Waals surface area contributed by atoms with Crippen LogP contribution < -0.4 is 4.74 Å². The molecule has 1 saturated carbocycles. The average Bonchev–Trinajstić information content (AvgIpc) is 3.42. The zero-order valence-corrected chi connectivity index (χ0v) is 16.2. The number of aromatic nitrogens is 2. The molecule has 0 spiro atoms. The van der Waals surface area contributed by atoms with Crippen molar-refractivity contribution in [2.24, 2.45) is 0 Å². The van der Waals surface area contributed by atoms with Gasteiger partial charge in [0.2, 0.25) is 21.7 Å². The lowest BCUT2D eigenvalue weighted by Gasteiger charge is -2.37. The molecule has 3 aromatic rings. The standard InChI is InChI=1S/C20H18FN3O4S/c21-15-5-9-18(10-6-15)29(25,26)24-11-17(12-24)27-16-7-3-13(4-8-16)19-22-20(28-23-19)14-1-2-14/h3-10,14,17H,1-2,11-12H2. The molecule has 2 heterocycles. The van der Waals surface area contributed by atoms with Gasteiger partial charge in [0.1, 0.15) is 17.7 Å². The maximum Gasteiger partial charge on any atom is 0.243 e. The molecule has 29 heavy (non-hydrogen) atoms. The Morgan fingerprint density at radius 3 is 2.38 bits per heavy atom. The van der Waals surface area contributed by atoms with Crippen LogP contribution in [0.15, 0.2) is 57.9 Å². The molecular weight excluding hydrogens is 397 g/mol. The Bertz CT molecular complexity index is 1120. The van der Waals surface area contributed by atoms with Gasteiger partial charge in [-0.3, -0.25) is 0 Å². The van der Waals surface area contributed by atoms with Gasteiger partial charge in [-0.25, -0.2) is 12.8 Å². The summed E-state index contributed by atoms with van der Waals surface area (Å²) in [4.78, 5) is 4.49. The van der Waals surface area contributed by atoms with Crippen LogP contribution >= 0.6 is 0 Å². The molecule has 2 aliphatic rings. The van der Waals surface area contributed by atoms with Crippen LogP contribution in [0, 0.1) is 5.82 Å². The zero-order valence-electron chi connectivity index (χ0n) is 15.4. The summed E-state index contributed by atoms with van der Waals surface area (Å²) < 4.78 is 50.5. The van der Waals surface area contributed by atoms with E-state index in [1.807, 2.05) is 12.1 Å². The molecule has 9 heteroatoms. The number of halogens is 1. The third kappa shape index (κ3) is 3.63. The van der Waals surface area contributed by atoms with Crippen molar-refractivity contribution in [3.05, 3.63) is 60.2 Å². The Hall–Kier alpha value is -2.78. The van der Waals surface area contributed by atoms with Crippen LogP contribution in [0.1, 0.15) is 24.7 Å². The fraction of sp³-hybridized carbons (Fsp3) is 0.300. The van der Waals surface area contributed by atoms with Crippen molar-refractivity contribution in [1.82, 2.24) is 14.4 Å². The molecule has 0 bridgehead atoms. The van der Waals surface area contributed by atoms with E-state index < -0.39 is 15.8 Å². The highest BCUT2D eigenvalue weighted by Gasteiger charge is 2.38. The van der Waals surface area contributed by atoms with E-state index in [0.29, 0.717) is 23.4 Å². The van der Waals surface area contributed by atoms with Crippen molar-refractivity contribution in [3.8, 4) is 17.1 Å². The summed E-state index contributed by atoms with van der Waals surface area (Å²) >= 11 is 0. The first-order valence-electron chi connectivity index (χ1n) is 9.35. The van der Waals surface area contributed by atoms with Gasteiger partial charge in [-0.1, -0.05) is 5.16 Å². The summed E-state index contributed by atoms with van der Waals surface area (Å²) in [7, 11) is -3.63. The third-order valence-electron chi connectivity index (χ3n) is 5.05. The van der Waals surface area contributed by atoms with Crippen molar-refractivity contribution >= 4 is 10.0 Å². The van der Waals surface area contributed by atoms with E-state index in [2.05, 4.69) is 10.1 Å². The summed E-state index contributed by atoms with van der Waals surface area (Å²) in [6.07, 6.45) is 1.97. The minimum absolute atomic E-state index is 0.0763. The summed E-state index contributed by atoms with van der Waals surface area (Å²) in [6, 6.07) is 12.1. The molecule has 0 unspecified atom stereocenters. The second kappa shape index (κ2) is 6.93. The fourth-order valence-corrected chi connectivity index (χ4v) is 4.65. The summed E-state index contributed by atoms with van der Waals surface area (Å²) in [6.45, 7) is 0.494. The van der Waals surface area contributed by atoms with E-state index in [1.165, 1.54) is 16.4 Å². The van der Waals surface area contributed by atoms with Crippen LogP contribution in [-0.4, -0.2) is 42.1 Å². The molecule has 0 radical (unpaired) electrons. The normalized spacial score (nSPS) is 17.8. The van der Waals surface area contributed by atoms with Gasteiger partial charge in [-0.05, 0) is 61.4 Å². The Morgan fingerprint density at radius 1 is 1.03 bits per heavy atom. The number of sulfonamides is 1. The third-order valence-corrected chi connectivity index (χ3v) is 6.90. The smallest absolute Gasteiger partial charge is 0.243 e. The Kier molecular flexibility index (Phi) is 4.36. The topological polar surface area (TPSA) is 85.5 Å². The van der Waals surface area contributed by atoms with Crippen molar-refractivity contribution in [2.45, 2.75) is 29.8 Å². The lowest BCUT2D eigenvalue weighted by atomic mass is 10.2. The molecule has 0 amide bonds. The average molecular weight is 415 g/mol. The number of rotatable bonds is 6.